The Kier molecular flexibility index (Phi) is 52.8. The van der Waals surface area contributed by atoms with E-state index in [-0.39, 0.29) is 31.1 Å². The van der Waals surface area contributed by atoms with E-state index in [4.69, 9.17) is 14.2 Å². The summed E-state index contributed by atoms with van der Waals surface area (Å²) in [7, 11) is 0. The summed E-state index contributed by atoms with van der Waals surface area (Å²) >= 11 is 0. The molecule has 0 aliphatic rings. The van der Waals surface area contributed by atoms with Crippen LogP contribution in [0.4, 0.5) is 0 Å². The number of hydrogen-bond acceptors (Lipinski definition) is 6. The molecule has 0 saturated carbocycles. The molecule has 6 heteroatoms. The number of rotatable bonds is 51. The maximum absolute atomic E-state index is 12.8. The van der Waals surface area contributed by atoms with E-state index in [1.165, 1.54) is 116 Å². The molecule has 0 fully saturated rings. The number of allylic oxidation sites excluding steroid dienone is 12. The monoisotopic (exact) mass is 935 g/mol. The number of carbonyl (C=O) groups is 3. The van der Waals surface area contributed by atoms with Gasteiger partial charge in [-0.15, -0.1) is 0 Å². The Labute approximate surface area is 414 Å². The van der Waals surface area contributed by atoms with Crippen molar-refractivity contribution >= 4 is 17.9 Å². The zero-order valence-electron chi connectivity index (χ0n) is 44.2. The first-order valence-electron chi connectivity index (χ1n) is 28.4. The molecule has 0 spiro atoms. The van der Waals surface area contributed by atoms with E-state index >= 15 is 0 Å². The van der Waals surface area contributed by atoms with Crippen molar-refractivity contribution < 1.29 is 28.6 Å². The average molecular weight is 936 g/mol. The van der Waals surface area contributed by atoms with Gasteiger partial charge in [-0.1, -0.05) is 222 Å². The molecule has 0 aromatic heterocycles. The van der Waals surface area contributed by atoms with Crippen LogP contribution in [0.3, 0.4) is 0 Å². The molecule has 67 heavy (non-hydrogen) atoms. The van der Waals surface area contributed by atoms with Crippen LogP contribution in [0, 0.1) is 0 Å². The predicted octanol–water partition coefficient (Wildman–Crippen LogP) is 19.0. The van der Waals surface area contributed by atoms with Crippen LogP contribution >= 0.6 is 0 Å². The van der Waals surface area contributed by atoms with E-state index in [9.17, 15) is 14.4 Å². The van der Waals surface area contributed by atoms with E-state index in [0.717, 1.165) is 122 Å². The number of esters is 3. The van der Waals surface area contributed by atoms with Gasteiger partial charge in [0.2, 0.25) is 0 Å². The van der Waals surface area contributed by atoms with Gasteiger partial charge < -0.3 is 14.2 Å². The highest BCUT2D eigenvalue weighted by molar-refractivity contribution is 5.71. The molecule has 0 amide bonds. The summed E-state index contributed by atoms with van der Waals surface area (Å²) in [5.74, 6) is -0.914. The van der Waals surface area contributed by atoms with Gasteiger partial charge in [-0.25, -0.2) is 0 Å². The lowest BCUT2D eigenvalue weighted by molar-refractivity contribution is -0.167. The lowest BCUT2D eigenvalue weighted by Gasteiger charge is -2.18. The lowest BCUT2D eigenvalue weighted by Crippen LogP contribution is -2.30. The third-order valence-electron chi connectivity index (χ3n) is 12.2. The van der Waals surface area contributed by atoms with Crippen LogP contribution in [-0.4, -0.2) is 37.2 Å². The number of ether oxygens (including phenoxy) is 3. The van der Waals surface area contributed by atoms with Gasteiger partial charge in [-0.05, 0) is 109 Å². The van der Waals surface area contributed by atoms with Gasteiger partial charge in [0.1, 0.15) is 13.2 Å². The van der Waals surface area contributed by atoms with Gasteiger partial charge in [0.05, 0.1) is 0 Å². The summed E-state index contributed by atoms with van der Waals surface area (Å²) in [6.07, 6.45) is 70.3. The summed E-state index contributed by atoms with van der Waals surface area (Å²) in [4.78, 5) is 38.1. The molecule has 0 rings (SSSR count). The van der Waals surface area contributed by atoms with Gasteiger partial charge >= 0.3 is 17.9 Å². The van der Waals surface area contributed by atoms with Crippen molar-refractivity contribution in [2.45, 2.75) is 284 Å². The lowest BCUT2D eigenvalue weighted by atomic mass is 10.1. The average Bonchev–Trinajstić information content (AvgIpc) is 3.33. The van der Waals surface area contributed by atoms with Gasteiger partial charge in [0.15, 0.2) is 6.10 Å². The molecule has 0 aromatic carbocycles. The Morgan fingerprint density at radius 2 is 0.582 bits per heavy atom. The molecular formula is C61H106O6. The summed E-state index contributed by atoms with van der Waals surface area (Å²) in [6, 6.07) is 0. The fraction of sp³-hybridized carbons (Fsp3) is 0.754. The van der Waals surface area contributed by atoms with Gasteiger partial charge in [0, 0.05) is 19.3 Å². The van der Waals surface area contributed by atoms with Crippen molar-refractivity contribution in [3.8, 4) is 0 Å². The molecule has 0 aliphatic heterocycles. The second kappa shape index (κ2) is 55.4. The maximum Gasteiger partial charge on any atom is 0.306 e. The number of carbonyl (C=O) groups excluding carboxylic acids is 3. The molecule has 0 N–H and O–H groups in total. The third-order valence-corrected chi connectivity index (χ3v) is 12.2. The molecule has 1 atom stereocenters. The van der Waals surface area contributed by atoms with Crippen LogP contribution in [0.25, 0.3) is 0 Å². The van der Waals surface area contributed by atoms with Crippen molar-refractivity contribution in [2.24, 2.45) is 0 Å². The van der Waals surface area contributed by atoms with Crippen molar-refractivity contribution in [1.82, 2.24) is 0 Å². The second-order valence-electron chi connectivity index (χ2n) is 18.8. The molecule has 0 bridgehead atoms. The first-order chi connectivity index (χ1) is 33.0. The molecule has 0 aromatic rings. The summed E-state index contributed by atoms with van der Waals surface area (Å²) in [6.45, 7) is 6.50. The van der Waals surface area contributed by atoms with Gasteiger partial charge in [-0.2, -0.15) is 0 Å². The second-order valence-corrected chi connectivity index (χ2v) is 18.8. The summed E-state index contributed by atoms with van der Waals surface area (Å²) in [5, 5.41) is 0. The minimum absolute atomic E-state index is 0.0881. The van der Waals surface area contributed by atoms with E-state index in [0.29, 0.717) is 19.3 Å². The topological polar surface area (TPSA) is 78.9 Å². The highest BCUT2D eigenvalue weighted by atomic mass is 16.6. The van der Waals surface area contributed by atoms with E-state index in [1.807, 2.05) is 0 Å². The molecular weight excluding hydrogens is 829 g/mol. The van der Waals surface area contributed by atoms with Crippen molar-refractivity contribution in [2.75, 3.05) is 13.2 Å². The molecule has 1 unspecified atom stereocenters. The number of unbranched alkanes of at least 4 members (excludes halogenated alkanes) is 28. The standard InChI is InChI=1S/C61H106O6/c1-4-7-10-13-16-19-22-25-28-30-31-34-36-39-42-45-48-51-54-60(63)66-57-58(56-65-59(62)53-50-47-44-41-38-35-32-27-24-21-18-15-12-9-6-3)67-61(64)55-52-49-46-43-40-37-33-29-26-23-20-17-14-11-8-5-2/h9,12,18-19,21-22,27-30,32-33,58H,4-8,10-11,13-17,20,23-26,31,34-57H2,1-3H3/b12-9-,21-18-,22-19-,30-28-,32-27-,33-29-. The predicted molar refractivity (Wildman–Crippen MR) is 288 cm³/mol. The van der Waals surface area contributed by atoms with Crippen LogP contribution in [0.15, 0.2) is 72.9 Å². The fourth-order valence-corrected chi connectivity index (χ4v) is 7.89. The Morgan fingerprint density at radius 1 is 0.313 bits per heavy atom. The normalized spacial score (nSPS) is 12.6. The molecule has 0 saturated heterocycles. The van der Waals surface area contributed by atoms with Crippen LogP contribution in [0.5, 0.6) is 0 Å². The van der Waals surface area contributed by atoms with Crippen LogP contribution in [-0.2, 0) is 28.6 Å². The largest absolute Gasteiger partial charge is 0.462 e. The summed E-state index contributed by atoms with van der Waals surface area (Å²) in [5.41, 5.74) is 0. The Bertz CT molecular complexity index is 1260. The zero-order chi connectivity index (χ0) is 48.6. The first kappa shape index (κ1) is 63.8. The minimum Gasteiger partial charge on any atom is -0.462 e. The molecule has 0 radical (unpaired) electrons. The van der Waals surface area contributed by atoms with E-state index in [2.05, 4.69) is 93.7 Å². The fourth-order valence-electron chi connectivity index (χ4n) is 7.89. The minimum atomic E-state index is -0.790. The molecule has 6 nitrogen and oxygen atoms in total. The Balaban J connectivity index is 4.42. The van der Waals surface area contributed by atoms with Crippen molar-refractivity contribution in [3.63, 3.8) is 0 Å². The maximum atomic E-state index is 12.8. The van der Waals surface area contributed by atoms with Crippen molar-refractivity contribution in [1.29, 1.82) is 0 Å². The van der Waals surface area contributed by atoms with Gasteiger partial charge in [0.25, 0.3) is 0 Å². The third kappa shape index (κ3) is 53.7. The van der Waals surface area contributed by atoms with Crippen LogP contribution in [0.2, 0.25) is 0 Å². The molecule has 0 aliphatic carbocycles. The van der Waals surface area contributed by atoms with E-state index < -0.39 is 6.10 Å². The molecule has 386 valence electrons. The first-order valence-corrected chi connectivity index (χ1v) is 28.4. The van der Waals surface area contributed by atoms with Crippen LogP contribution < -0.4 is 0 Å². The van der Waals surface area contributed by atoms with Crippen molar-refractivity contribution in [3.05, 3.63) is 72.9 Å². The quantitative estimate of drug-likeness (QED) is 0.0262. The van der Waals surface area contributed by atoms with Crippen LogP contribution in [0.1, 0.15) is 278 Å². The highest BCUT2D eigenvalue weighted by Crippen LogP contribution is 2.15. The summed E-state index contributed by atoms with van der Waals surface area (Å²) < 4.78 is 16.8. The van der Waals surface area contributed by atoms with E-state index in [1.54, 1.807) is 0 Å². The van der Waals surface area contributed by atoms with Gasteiger partial charge in [-0.3, -0.25) is 14.4 Å². The Hall–Kier alpha value is -3.15. The zero-order valence-corrected chi connectivity index (χ0v) is 44.2. The SMILES string of the molecule is CC/C=C\C/C=C\C/C=C\CCCCCCCC(=O)OCC(COC(=O)CCCCCCCCC/C=C\C/C=C\CCCCCC)OC(=O)CCCCCCC/C=C\CCCCCCCCC. The smallest absolute Gasteiger partial charge is 0.306 e. The highest BCUT2D eigenvalue weighted by Gasteiger charge is 2.19. The Morgan fingerprint density at radius 3 is 0.940 bits per heavy atom. The molecule has 0 heterocycles. The number of hydrogen-bond donors (Lipinski definition) is 0.